The van der Waals surface area contributed by atoms with Crippen LogP contribution in [0.1, 0.15) is 60.5 Å². The molecule has 1 aliphatic carbocycles. The monoisotopic (exact) mass is 559 g/mol. The zero-order valence-corrected chi connectivity index (χ0v) is 22.7. The third kappa shape index (κ3) is 5.62. The van der Waals surface area contributed by atoms with Gasteiger partial charge in [0, 0.05) is 16.0 Å². The Bertz CT molecular complexity index is 1490. The summed E-state index contributed by atoms with van der Waals surface area (Å²) < 4.78 is 14.2. The van der Waals surface area contributed by atoms with Gasteiger partial charge in [0.2, 0.25) is 0 Å². The number of ether oxygens (including phenoxy) is 2. The molecule has 0 atom stereocenters. The number of nitrogens with zero attached hydrogens (tertiary/aromatic N) is 3. The summed E-state index contributed by atoms with van der Waals surface area (Å²) in [5, 5.41) is 5.26. The van der Waals surface area contributed by atoms with Gasteiger partial charge in [-0.3, -0.25) is 4.79 Å². The Kier molecular flexibility index (Phi) is 7.70. The maximum atomic E-state index is 13.6. The molecule has 0 amide bonds. The van der Waals surface area contributed by atoms with Crippen LogP contribution in [-0.4, -0.2) is 23.0 Å². The Morgan fingerprint density at radius 3 is 2.59 bits per heavy atom. The lowest BCUT2D eigenvalue weighted by Gasteiger charge is -2.22. The van der Waals surface area contributed by atoms with E-state index in [0.717, 1.165) is 41.5 Å². The van der Waals surface area contributed by atoms with Crippen LogP contribution in [0.4, 0.5) is 0 Å². The van der Waals surface area contributed by atoms with E-state index in [1.807, 2.05) is 42.5 Å². The summed E-state index contributed by atoms with van der Waals surface area (Å²) in [7, 11) is 1.61. The average molecular weight is 560 g/mol. The molecule has 1 heterocycles. The molecule has 0 aliphatic heterocycles. The van der Waals surface area contributed by atoms with Crippen molar-refractivity contribution in [3.8, 4) is 11.5 Å². The maximum Gasteiger partial charge on any atom is 0.282 e. The Morgan fingerprint density at radius 1 is 1.08 bits per heavy atom. The van der Waals surface area contributed by atoms with E-state index in [2.05, 4.69) is 35.0 Å². The van der Waals surface area contributed by atoms with Crippen LogP contribution in [0.3, 0.4) is 0 Å². The Labute approximate surface area is 225 Å². The lowest BCUT2D eigenvalue weighted by Crippen LogP contribution is -2.25. The lowest BCUT2D eigenvalue weighted by atomic mass is 9.88. The van der Waals surface area contributed by atoms with Crippen molar-refractivity contribution < 1.29 is 9.47 Å². The number of methoxy groups -OCH3 is 1. The Balaban J connectivity index is 1.56. The number of hydrogen-bond acceptors (Lipinski definition) is 5. The molecule has 37 heavy (non-hydrogen) atoms. The fourth-order valence-electron chi connectivity index (χ4n) is 4.83. The standard InChI is InChI=1S/C30H30BrN3O3/c1-20-12-14-21(15-13-20)19-37-28-23(16-24(31)17-27(28)36-2)18-32-34-29(22-8-4-3-5-9-22)33-26-11-7-6-10-25(26)30(34)35/h6-7,10-18,22H,3-5,8-9,19H2,1-2H3. The number of hydrogen-bond donors (Lipinski definition) is 0. The molecule has 190 valence electrons. The fraction of sp³-hybridized carbons (Fsp3) is 0.300. The summed E-state index contributed by atoms with van der Waals surface area (Å²) >= 11 is 3.56. The summed E-state index contributed by atoms with van der Waals surface area (Å²) in [6.45, 7) is 2.44. The molecular weight excluding hydrogens is 530 g/mol. The van der Waals surface area contributed by atoms with Gasteiger partial charge in [-0.25, -0.2) is 4.98 Å². The van der Waals surface area contributed by atoms with Gasteiger partial charge in [0.15, 0.2) is 11.5 Å². The third-order valence-electron chi connectivity index (χ3n) is 6.83. The second-order valence-electron chi connectivity index (χ2n) is 9.48. The van der Waals surface area contributed by atoms with E-state index >= 15 is 0 Å². The smallest absolute Gasteiger partial charge is 0.282 e. The van der Waals surface area contributed by atoms with E-state index in [1.54, 1.807) is 19.4 Å². The van der Waals surface area contributed by atoms with Crippen molar-refractivity contribution >= 4 is 33.0 Å². The molecule has 1 fully saturated rings. The van der Waals surface area contributed by atoms with Crippen LogP contribution >= 0.6 is 15.9 Å². The molecule has 1 aliphatic rings. The molecule has 1 aromatic heterocycles. The summed E-state index contributed by atoms with van der Waals surface area (Å²) in [6.07, 6.45) is 7.18. The van der Waals surface area contributed by atoms with Crippen LogP contribution in [0, 0.1) is 6.92 Å². The number of aryl methyl sites for hydroxylation is 1. The van der Waals surface area contributed by atoms with Crippen LogP contribution in [-0.2, 0) is 6.61 Å². The van der Waals surface area contributed by atoms with Gasteiger partial charge in [0.05, 0.1) is 24.2 Å². The SMILES string of the molecule is COc1cc(Br)cc(C=Nn2c(C3CCCCC3)nc3ccccc3c2=O)c1OCc1ccc(C)cc1. The normalized spacial score (nSPS) is 14.4. The average Bonchev–Trinajstić information content (AvgIpc) is 2.93. The van der Waals surface area contributed by atoms with Crippen molar-refractivity contribution in [2.24, 2.45) is 5.10 Å². The zero-order valence-electron chi connectivity index (χ0n) is 21.1. The number of aromatic nitrogens is 2. The summed E-state index contributed by atoms with van der Waals surface area (Å²) in [6, 6.07) is 19.5. The second-order valence-corrected chi connectivity index (χ2v) is 10.4. The highest BCUT2D eigenvalue weighted by atomic mass is 79.9. The van der Waals surface area contributed by atoms with E-state index in [9.17, 15) is 4.79 Å². The molecule has 3 aromatic carbocycles. The third-order valence-corrected chi connectivity index (χ3v) is 7.29. The van der Waals surface area contributed by atoms with Crippen molar-refractivity contribution in [2.45, 2.75) is 51.6 Å². The number of halogens is 1. The van der Waals surface area contributed by atoms with Crippen LogP contribution in [0.5, 0.6) is 11.5 Å². The lowest BCUT2D eigenvalue weighted by molar-refractivity contribution is 0.284. The number of para-hydroxylation sites is 1. The first-order valence-electron chi connectivity index (χ1n) is 12.7. The molecule has 6 nitrogen and oxygen atoms in total. The van der Waals surface area contributed by atoms with E-state index in [1.165, 1.54) is 16.7 Å². The topological polar surface area (TPSA) is 65.7 Å². The molecule has 0 saturated heterocycles. The number of rotatable bonds is 7. The zero-order chi connectivity index (χ0) is 25.8. The summed E-state index contributed by atoms with van der Waals surface area (Å²) in [4.78, 5) is 18.5. The number of benzene rings is 3. The minimum absolute atomic E-state index is 0.161. The predicted molar refractivity (Wildman–Crippen MR) is 151 cm³/mol. The minimum Gasteiger partial charge on any atom is -0.493 e. The fourth-order valence-corrected chi connectivity index (χ4v) is 5.28. The first-order chi connectivity index (χ1) is 18.0. The molecule has 0 radical (unpaired) electrons. The highest BCUT2D eigenvalue weighted by molar-refractivity contribution is 9.10. The van der Waals surface area contributed by atoms with E-state index in [4.69, 9.17) is 19.6 Å². The van der Waals surface area contributed by atoms with E-state index in [-0.39, 0.29) is 11.5 Å². The van der Waals surface area contributed by atoms with E-state index in [0.29, 0.717) is 34.6 Å². The quantitative estimate of drug-likeness (QED) is 0.229. The molecular formula is C30H30BrN3O3. The highest BCUT2D eigenvalue weighted by Gasteiger charge is 2.22. The Morgan fingerprint density at radius 2 is 1.84 bits per heavy atom. The summed E-state index contributed by atoms with van der Waals surface area (Å²) in [5.41, 5.74) is 3.50. The van der Waals surface area contributed by atoms with Gasteiger partial charge in [-0.15, -0.1) is 0 Å². The molecule has 0 spiro atoms. The minimum atomic E-state index is -0.161. The van der Waals surface area contributed by atoms with Crippen LogP contribution in [0.15, 0.2) is 75.0 Å². The molecule has 5 rings (SSSR count). The molecule has 7 heteroatoms. The highest BCUT2D eigenvalue weighted by Crippen LogP contribution is 2.35. The molecule has 0 bridgehead atoms. The van der Waals surface area contributed by atoms with Crippen molar-refractivity contribution in [3.63, 3.8) is 0 Å². The Hall–Kier alpha value is -3.45. The van der Waals surface area contributed by atoms with Gasteiger partial charge in [0.25, 0.3) is 5.56 Å². The van der Waals surface area contributed by atoms with Crippen LogP contribution in [0.25, 0.3) is 10.9 Å². The van der Waals surface area contributed by atoms with Gasteiger partial charge in [0.1, 0.15) is 12.4 Å². The second kappa shape index (κ2) is 11.3. The van der Waals surface area contributed by atoms with Crippen molar-refractivity contribution in [1.82, 2.24) is 9.66 Å². The first-order valence-corrected chi connectivity index (χ1v) is 13.4. The van der Waals surface area contributed by atoms with Gasteiger partial charge in [-0.1, -0.05) is 77.2 Å². The van der Waals surface area contributed by atoms with Crippen molar-refractivity contribution in [1.29, 1.82) is 0 Å². The van der Waals surface area contributed by atoms with Crippen LogP contribution < -0.4 is 15.0 Å². The first kappa shape index (κ1) is 25.2. The van der Waals surface area contributed by atoms with Crippen molar-refractivity contribution in [3.05, 3.63) is 98.0 Å². The molecule has 1 saturated carbocycles. The van der Waals surface area contributed by atoms with Gasteiger partial charge in [-0.05, 0) is 49.6 Å². The maximum absolute atomic E-state index is 13.6. The number of fused-ring (bicyclic) bond motifs is 1. The molecule has 0 N–H and O–H groups in total. The van der Waals surface area contributed by atoms with Gasteiger partial charge in [-0.2, -0.15) is 9.78 Å². The molecule has 4 aromatic rings. The van der Waals surface area contributed by atoms with E-state index < -0.39 is 0 Å². The largest absolute Gasteiger partial charge is 0.493 e. The van der Waals surface area contributed by atoms with Gasteiger partial charge >= 0.3 is 0 Å². The summed E-state index contributed by atoms with van der Waals surface area (Å²) in [5.74, 6) is 2.08. The van der Waals surface area contributed by atoms with Crippen molar-refractivity contribution in [2.75, 3.05) is 7.11 Å². The predicted octanol–water partition coefficient (Wildman–Crippen LogP) is 6.98. The van der Waals surface area contributed by atoms with Gasteiger partial charge < -0.3 is 9.47 Å². The van der Waals surface area contributed by atoms with Crippen LogP contribution in [0.2, 0.25) is 0 Å². The molecule has 0 unspecified atom stereocenters.